The number of hydrogen-bond donors (Lipinski definition) is 0. The van der Waals surface area contributed by atoms with Gasteiger partial charge in [-0.2, -0.15) is 0 Å². The van der Waals surface area contributed by atoms with Crippen molar-refractivity contribution in [3.05, 3.63) is 230 Å². The van der Waals surface area contributed by atoms with E-state index in [0.717, 1.165) is 17.1 Å². The van der Waals surface area contributed by atoms with Crippen LogP contribution in [0.15, 0.2) is 228 Å². The molecule has 0 amide bonds. The number of hydrogen-bond acceptors (Lipinski definition) is 2. The van der Waals surface area contributed by atoms with E-state index in [-0.39, 0.29) is 5.41 Å². The maximum atomic E-state index is 2.44. The van der Waals surface area contributed by atoms with E-state index in [1.807, 2.05) is 11.8 Å². The lowest BCUT2D eigenvalue weighted by molar-refractivity contribution is 0.607. The zero-order chi connectivity index (χ0) is 40.2. The van der Waals surface area contributed by atoms with Crippen LogP contribution >= 0.6 is 11.8 Å². The van der Waals surface area contributed by atoms with E-state index in [0.29, 0.717) is 0 Å². The van der Waals surface area contributed by atoms with Crippen LogP contribution in [0.5, 0.6) is 0 Å². The Bertz CT molecular complexity index is 3130. The molecule has 10 aromatic rings. The number of anilines is 3. The van der Waals surface area contributed by atoms with Crippen molar-refractivity contribution in [1.29, 1.82) is 0 Å². The van der Waals surface area contributed by atoms with E-state index >= 15 is 0 Å². The van der Waals surface area contributed by atoms with Crippen molar-refractivity contribution in [1.82, 2.24) is 4.57 Å². The van der Waals surface area contributed by atoms with Gasteiger partial charge >= 0.3 is 0 Å². The Morgan fingerprint density at radius 3 is 1.63 bits per heavy atom. The maximum absolute atomic E-state index is 2.44. The number of aromatic nitrogens is 1. The molecule has 60 heavy (non-hydrogen) atoms. The van der Waals surface area contributed by atoms with Crippen LogP contribution in [0.25, 0.3) is 60.9 Å². The van der Waals surface area contributed by atoms with Gasteiger partial charge in [-0.3, -0.25) is 0 Å². The summed E-state index contributed by atoms with van der Waals surface area (Å²) in [7, 11) is 0. The summed E-state index contributed by atoms with van der Waals surface area (Å²) >= 11 is 1.88. The monoisotopic (exact) mass is 786 g/mol. The maximum Gasteiger partial charge on any atom is 0.0541 e. The smallest absolute Gasteiger partial charge is 0.0541 e. The molecular formula is C57H42N2S. The van der Waals surface area contributed by atoms with Crippen molar-refractivity contribution in [3.8, 4) is 39.1 Å². The number of nitrogens with zero attached hydrogens (tertiary/aromatic N) is 2. The van der Waals surface area contributed by atoms with Gasteiger partial charge in [-0.25, -0.2) is 0 Å². The van der Waals surface area contributed by atoms with Crippen molar-refractivity contribution in [2.45, 2.75) is 29.1 Å². The molecule has 0 N–H and O–H groups in total. The summed E-state index contributed by atoms with van der Waals surface area (Å²) in [6, 6.07) is 79.9. The van der Waals surface area contributed by atoms with Crippen LogP contribution in [0, 0.1) is 0 Å². The fraction of sp³-hybridized carbons (Fsp3) is 0.0526. The van der Waals surface area contributed by atoms with Crippen LogP contribution in [0.4, 0.5) is 17.1 Å². The third kappa shape index (κ3) is 6.22. The molecule has 0 fully saturated rings. The van der Waals surface area contributed by atoms with E-state index in [1.54, 1.807) is 0 Å². The molecular weight excluding hydrogens is 745 g/mol. The quantitative estimate of drug-likeness (QED) is 0.159. The molecule has 2 heterocycles. The molecule has 0 bridgehead atoms. The van der Waals surface area contributed by atoms with Gasteiger partial charge in [0.15, 0.2) is 0 Å². The summed E-state index contributed by atoms with van der Waals surface area (Å²) in [6.07, 6.45) is 0. The van der Waals surface area contributed by atoms with E-state index in [4.69, 9.17) is 0 Å². The molecule has 286 valence electrons. The minimum Gasteiger partial charge on any atom is -0.310 e. The second kappa shape index (κ2) is 14.6. The van der Waals surface area contributed by atoms with Crippen LogP contribution in [0.3, 0.4) is 0 Å². The van der Waals surface area contributed by atoms with Crippen LogP contribution in [-0.2, 0) is 5.41 Å². The lowest BCUT2D eigenvalue weighted by Crippen LogP contribution is -2.24. The fourth-order valence-electron chi connectivity index (χ4n) is 9.18. The second-order valence-electron chi connectivity index (χ2n) is 16.2. The van der Waals surface area contributed by atoms with Crippen molar-refractivity contribution in [2.75, 3.05) is 4.90 Å². The first-order chi connectivity index (χ1) is 29.5. The highest BCUT2D eigenvalue weighted by molar-refractivity contribution is 7.99. The first-order valence-electron chi connectivity index (χ1n) is 20.7. The summed E-state index contributed by atoms with van der Waals surface area (Å²) in [6.45, 7) is 4.71. The fourth-order valence-corrected chi connectivity index (χ4v) is 10.6. The molecule has 1 aromatic heterocycles. The SMILES string of the molecule is CC1(C)c2ccccc2Sc2cc(N(c3ccc(-c4ccc5c(c4)c4ccccc4n5-c4ccccc4)cc3)c3cc(-c4ccccc4)cc(-c4ccccc4)c3)ccc21. The Labute approximate surface area is 356 Å². The molecule has 11 rings (SSSR count). The normalized spacial score (nSPS) is 12.9. The minimum absolute atomic E-state index is 0.107. The second-order valence-corrected chi connectivity index (χ2v) is 17.3. The zero-order valence-electron chi connectivity index (χ0n) is 33.6. The van der Waals surface area contributed by atoms with Gasteiger partial charge < -0.3 is 9.47 Å². The number of rotatable bonds is 7. The van der Waals surface area contributed by atoms with E-state index in [2.05, 4.69) is 242 Å². The Balaban J connectivity index is 1.06. The Kier molecular flexibility index (Phi) is 8.79. The number of benzene rings is 9. The largest absolute Gasteiger partial charge is 0.310 e. The van der Waals surface area contributed by atoms with Crippen molar-refractivity contribution in [2.24, 2.45) is 0 Å². The summed E-state index contributed by atoms with van der Waals surface area (Å²) in [5, 5.41) is 2.50. The Morgan fingerprint density at radius 1 is 0.367 bits per heavy atom. The highest BCUT2D eigenvalue weighted by Crippen LogP contribution is 2.51. The van der Waals surface area contributed by atoms with Crippen LogP contribution in [-0.4, -0.2) is 4.57 Å². The molecule has 9 aromatic carbocycles. The molecule has 0 aliphatic carbocycles. The van der Waals surface area contributed by atoms with Crippen LogP contribution in [0.2, 0.25) is 0 Å². The minimum atomic E-state index is -0.107. The summed E-state index contributed by atoms with van der Waals surface area (Å²) in [4.78, 5) is 5.06. The molecule has 0 atom stereocenters. The Hall–Kier alpha value is -7.07. The molecule has 3 heteroatoms. The van der Waals surface area contributed by atoms with Gasteiger partial charge in [-0.15, -0.1) is 0 Å². The topological polar surface area (TPSA) is 8.17 Å². The summed E-state index contributed by atoms with van der Waals surface area (Å²) in [5.74, 6) is 0. The van der Waals surface area contributed by atoms with Gasteiger partial charge in [0.2, 0.25) is 0 Å². The van der Waals surface area contributed by atoms with Gasteiger partial charge in [0.25, 0.3) is 0 Å². The first kappa shape index (κ1) is 36.0. The van der Waals surface area contributed by atoms with E-state index in [9.17, 15) is 0 Å². The highest BCUT2D eigenvalue weighted by atomic mass is 32.2. The third-order valence-electron chi connectivity index (χ3n) is 12.2. The molecule has 1 aliphatic heterocycles. The van der Waals surface area contributed by atoms with Crippen molar-refractivity contribution >= 4 is 50.6 Å². The Morgan fingerprint density at radius 2 is 0.917 bits per heavy atom. The van der Waals surface area contributed by atoms with Gasteiger partial charge in [-0.05, 0) is 123 Å². The summed E-state index contributed by atoms with van der Waals surface area (Å²) < 4.78 is 2.37. The predicted octanol–water partition coefficient (Wildman–Crippen LogP) is 16.0. The molecule has 0 saturated heterocycles. The lowest BCUT2D eigenvalue weighted by Gasteiger charge is -2.35. The third-order valence-corrected chi connectivity index (χ3v) is 13.3. The molecule has 0 radical (unpaired) electrons. The average molecular weight is 787 g/mol. The predicted molar refractivity (Wildman–Crippen MR) is 254 cm³/mol. The van der Waals surface area contributed by atoms with Gasteiger partial charge in [0, 0.05) is 48.7 Å². The average Bonchev–Trinajstić information content (AvgIpc) is 3.64. The van der Waals surface area contributed by atoms with Gasteiger partial charge in [0.1, 0.15) is 0 Å². The van der Waals surface area contributed by atoms with Crippen LogP contribution < -0.4 is 4.90 Å². The van der Waals surface area contributed by atoms with E-state index < -0.39 is 0 Å². The van der Waals surface area contributed by atoms with Crippen LogP contribution in [0.1, 0.15) is 25.0 Å². The van der Waals surface area contributed by atoms with Crippen molar-refractivity contribution in [3.63, 3.8) is 0 Å². The number of fused-ring (bicyclic) bond motifs is 5. The molecule has 0 saturated carbocycles. The molecule has 2 nitrogen and oxygen atoms in total. The van der Waals surface area contributed by atoms with Gasteiger partial charge in [0.05, 0.1) is 11.0 Å². The van der Waals surface area contributed by atoms with Crippen molar-refractivity contribution < 1.29 is 0 Å². The molecule has 1 aliphatic rings. The lowest BCUT2D eigenvalue weighted by atomic mass is 9.77. The highest BCUT2D eigenvalue weighted by Gasteiger charge is 2.33. The first-order valence-corrected chi connectivity index (χ1v) is 21.5. The summed E-state index contributed by atoms with van der Waals surface area (Å²) in [5.41, 5.74) is 16.7. The molecule has 0 spiro atoms. The molecule has 0 unspecified atom stereocenters. The number of para-hydroxylation sites is 2. The zero-order valence-corrected chi connectivity index (χ0v) is 34.4. The standard InChI is InChI=1S/C57H42N2S/c1-57(2)51-23-13-15-25-55(51)60-56-38-47(31-32-52(56)57)58(48-35-43(39-16-6-3-7-17-39)34-44(36-48)40-18-8-4-9-19-40)46-29-26-41(27-30-46)42-28-33-54-50(37-42)49-22-12-14-24-53(49)59(54)45-20-10-5-11-21-45/h3-38H,1-2H3. The van der Waals surface area contributed by atoms with E-state index in [1.165, 1.54) is 81.8 Å². The van der Waals surface area contributed by atoms with Gasteiger partial charge in [-0.1, -0.05) is 165 Å².